The van der Waals surface area contributed by atoms with Crippen molar-refractivity contribution in [3.05, 3.63) is 29.8 Å². The summed E-state index contributed by atoms with van der Waals surface area (Å²) in [4.78, 5) is 25.6. The molecule has 128 valence electrons. The molecule has 9 heteroatoms. The Bertz CT molecular complexity index is 540. The van der Waals surface area contributed by atoms with E-state index in [-0.39, 0.29) is 36.2 Å². The summed E-state index contributed by atoms with van der Waals surface area (Å²) in [6, 6.07) is 5.66. The average molecular weight is 350 g/mol. The van der Waals surface area contributed by atoms with E-state index in [1.165, 1.54) is 24.3 Å². The Hall–Kier alpha value is -1.93. The lowest BCUT2D eigenvalue weighted by Crippen LogP contribution is -2.49. The Labute approximate surface area is 138 Å². The molecule has 0 unspecified atom stereocenters. The van der Waals surface area contributed by atoms with Gasteiger partial charge < -0.3 is 20.3 Å². The molecule has 23 heavy (non-hydrogen) atoms. The number of amides is 2. The zero-order chi connectivity index (χ0) is 15.9. The van der Waals surface area contributed by atoms with Gasteiger partial charge in [-0.05, 0) is 12.1 Å². The fraction of sp³-hybridized carbons (Fsp3) is 0.429. The van der Waals surface area contributed by atoms with Crippen molar-refractivity contribution in [3.8, 4) is 5.75 Å². The monoisotopic (exact) mass is 349 g/mol. The summed E-state index contributed by atoms with van der Waals surface area (Å²) in [5.74, 6) is -1.05. The van der Waals surface area contributed by atoms with Gasteiger partial charge in [0.05, 0.1) is 12.1 Å². The van der Waals surface area contributed by atoms with E-state index in [2.05, 4.69) is 15.4 Å². The molecule has 2 rings (SSSR count). The highest BCUT2D eigenvalue weighted by atomic mass is 35.5. The Kier molecular flexibility index (Phi) is 7.70. The first-order valence-corrected chi connectivity index (χ1v) is 6.88. The second kappa shape index (κ2) is 9.26. The van der Waals surface area contributed by atoms with Crippen LogP contribution in [0.1, 0.15) is 10.4 Å². The average Bonchev–Trinajstić information content (AvgIpc) is 2.53. The normalized spacial score (nSPS) is 14.1. The molecule has 0 spiro atoms. The number of carbonyl (C=O) groups is 2. The molecule has 0 bridgehead atoms. The molecule has 1 aliphatic rings. The van der Waals surface area contributed by atoms with Crippen molar-refractivity contribution in [2.45, 2.75) is 6.61 Å². The molecule has 1 saturated heterocycles. The van der Waals surface area contributed by atoms with Crippen molar-refractivity contribution in [2.75, 3.05) is 32.7 Å². The first-order chi connectivity index (χ1) is 10.6. The van der Waals surface area contributed by atoms with Crippen molar-refractivity contribution in [3.63, 3.8) is 0 Å². The summed E-state index contributed by atoms with van der Waals surface area (Å²) in [6.07, 6.45) is 0. The second-order valence-corrected chi connectivity index (χ2v) is 4.69. The number of para-hydroxylation sites is 1. The number of alkyl halides is 2. The number of nitrogens with zero attached hydrogens (tertiary/aromatic N) is 1. The molecule has 2 amide bonds. The predicted octanol–water partition coefficient (Wildman–Crippen LogP) is 0.871. The quantitative estimate of drug-likeness (QED) is 0.827. The Morgan fingerprint density at radius 2 is 1.91 bits per heavy atom. The molecule has 0 aliphatic carbocycles. The van der Waals surface area contributed by atoms with Crippen molar-refractivity contribution in [1.82, 2.24) is 15.5 Å². The van der Waals surface area contributed by atoms with Gasteiger partial charge in [0.1, 0.15) is 5.75 Å². The van der Waals surface area contributed by atoms with Gasteiger partial charge >= 0.3 is 6.61 Å². The lowest BCUT2D eigenvalue weighted by molar-refractivity contribution is -0.130. The molecule has 0 radical (unpaired) electrons. The summed E-state index contributed by atoms with van der Waals surface area (Å²) >= 11 is 0. The lowest BCUT2D eigenvalue weighted by atomic mass is 10.2. The fourth-order valence-electron chi connectivity index (χ4n) is 2.13. The molecule has 1 aromatic rings. The molecule has 1 heterocycles. The van der Waals surface area contributed by atoms with Crippen molar-refractivity contribution in [2.24, 2.45) is 0 Å². The van der Waals surface area contributed by atoms with Crippen LogP contribution in [-0.4, -0.2) is 56.0 Å². The van der Waals surface area contributed by atoms with Crippen LogP contribution in [0, 0.1) is 0 Å². The van der Waals surface area contributed by atoms with Gasteiger partial charge in [-0.1, -0.05) is 12.1 Å². The highest BCUT2D eigenvalue weighted by Gasteiger charge is 2.19. The van der Waals surface area contributed by atoms with Crippen LogP contribution >= 0.6 is 12.4 Å². The van der Waals surface area contributed by atoms with E-state index in [1.54, 1.807) is 4.90 Å². The zero-order valence-electron chi connectivity index (χ0n) is 12.3. The van der Waals surface area contributed by atoms with E-state index >= 15 is 0 Å². The number of nitrogens with one attached hydrogen (secondary N) is 2. The molecule has 6 nitrogen and oxygen atoms in total. The SMILES string of the molecule is Cl.O=C(NCC(=O)N1CCNCC1)c1ccccc1OC(F)F. The third kappa shape index (κ3) is 5.65. The number of hydrogen-bond acceptors (Lipinski definition) is 4. The van der Waals surface area contributed by atoms with Gasteiger partial charge in [0.25, 0.3) is 5.91 Å². The smallest absolute Gasteiger partial charge is 0.387 e. The molecule has 0 aromatic heterocycles. The lowest BCUT2D eigenvalue weighted by Gasteiger charge is -2.27. The third-order valence-corrected chi connectivity index (χ3v) is 3.22. The van der Waals surface area contributed by atoms with Gasteiger partial charge in [-0.3, -0.25) is 9.59 Å². The van der Waals surface area contributed by atoms with Crippen LogP contribution in [0.15, 0.2) is 24.3 Å². The van der Waals surface area contributed by atoms with Gasteiger partial charge in [-0.2, -0.15) is 8.78 Å². The Morgan fingerprint density at radius 1 is 1.26 bits per heavy atom. The fourth-order valence-corrected chi connectivity index (χ4v) is 2.13. The minimum absolute atomic E-state index is 0. The molecular weight excluding hydrogens is 332 g/mol. The maximum absolute atomic E-state index is 12.3. The summed E-state index contributed by atoms with van der Waals surface area (Å²) < 4.78 is 28.9. The van der Waals surface area contributed by atoms with Crippen LogP contribution in [0.5, 0.6) is 5.75 Å². The van der Waals surface area contributed by atoms with Crippen LogP contribution in [-0.2, 0) is 4.79 Å². The van der Waals surface area contributed by atoms with Crippen LogP contribution in [0.3, 0.4) is 0 Å². The highest BCUT2D eigenvalue weighted by molar-refractivity contribution is 5.98. The molecule has 1 aliphatic heterocycles. The maximum Gasteiger partial charge on any atom is 0.387 e. The zero-order valence-corrected chi connectivity index (χ0v) is 13.1. The van der Waals surface area contributed by atoms with E-state index in [1.807, 2.05) is 0 Å². The number of piperazine rings is 1. The summed E-state index contributed by atoms with van der Waals surface area (Å²) in [6.45, 7) is -0.604. The van der Waals surface area contributed by atoms with Crippen molar-refractivity contribution in [1.29, 1.82) is 0 Å². The number of ether oxygens (including phenoxy) is 1. The number of carbonyl (C=O) groups excluding carboxylic acids is 2. The molecule has 0 atom stereocenters. The molecule has 0 saturated carbocycles. The summed E-state index contributed by atoms with van der Waals surface area (Å²) in [7, 11) is 0. The molecular formula is C14H18ClF2N3O3. The number of hydrogen-bond donors (Lipinski definition) is 2. The maximum atomic E-state index is 12.3. The van der Waals surface area contributed by atoms with E-state index in [4.69, 9.17) is 0 Å². The van der Waals surface area contributed by atoms with Gasteiger partial charge in [-0.15, -0.1) is 12.4 Å². The standard InChI is InChI=1S/C14H17F2N3O3.ClH/c15-14(16)22-11-4-2-1-3-10(11)13(21)18-9-12(20)19-7-5-17-6-8-19;/h1-4,14,17H,5-9H2,(H,18,21);1H. The van der Waals surface area contributed by atoms with Gasteiger partial charge in [-0.25, -0.2) is 0 Å². The minimum Gasteiger partial charge on any atom is -0.434 e. The molecule has 1 aromatic carbocycles. The second-order valence-electron chi connectivity index (χ2n) is 4.69. The van der Waals surface area contributed by atoms with Crippen molar-refractivity contribution < 1.29 is 23.1 Å². The van der Waals surface area contributed by atoms with Crippen LogP contribution in [0.2, 0.25) is 0 Å². The van der Waals surface area contributed by atoms with Crippen LogP contribution < -0.4 is 15.4 Å². The van der Waals surface area contributed by atoms with E-state index in [0.29, 0.717) is 26.2 Å². The van der Waals surface area contributed by atoms with Crippen LogP contribution in [0.25, 0.3) is 0 Å². The highest BCUT2D eigenvalue weighted by Crippen LogP contribution is 2.19. The van der Waals surface area contributed by atoms with Crippen LogP contribution in [0.4, 0.5) is 8.78 Å². The third-order valence-electron chi connectivity index (χ3n) is 3.22. The van der Waals surface area contributed by atoms with E-state index < -0.39 is 12.5 Å². The summed E-state index contributed by atoms with van der Waals surface area (Å²) in [5, 5.41) is 5.55. The Morgan fingerprint density at radius 3 is 2.57 bits per heavy atom. The van der Waals surface area contributed by atoms with Crippen molar-refractivity contribution >= 4 is 24.2 Å². The largest absolute Gasteiger partial charge is 0.434 e. The summed E-state index contributed by atoms with van der Waals surface area (Å²) in [5.41, 5.74) is -0.0316. The van der Waals surface area contributed by atoms with Gasteiger partial charge in [0.15, 0.2) is 0 Å². The minimum atomic E-state index is -3.02. The molecule has 1 fully saturated rings. The predicted molar refractivity (Wildman–Crippen MR) is 82.1 cm³/mol. The topological polar surface area (TPSA) is 70.7 Å². The van der Waals surface area contributed by atoms with E-state index in [0.717, 1.165) is 0 Å². The number of benzene rings is 1. The van der Waals surface area contributed by atoms with Gasteiger partial charge in [0.2, 0.25) is 5.91 Å². The first kappa shape index (κ1) is 19.1. The Balaban J connectivity index is 0.00000264. The number of halogens is 3. The van der Waals surface area contributed by atoms with E-state index in [9.17, 15) is 18.4 Å². The molecule has 2 N–H and O–H groups in total. The number of rotatable bonds is 5. The van der Waals surface area contributed by atoms with Gasteiger partial charge in [0, 0.05) is 26.2 Å². The first-order valence-electron chi connectivity index (χ1n) is 6.88.